The second-order valence-corrected chi connectivity index (χ2v) is 4.59. The Hall–Kier alpha value is -1.81. The first-order valence-electron chi connectivity index (χ1n) is 5.92. The molecule has 0 atom stereocenters. The third-order valence-electron chi connectivity index (χ3n) is 2.85. The van der Waals surface area contributed by atoms with Crippen LogP contribution in [0.15, 0.2) is 30.3 Å². The van der Waals surface area contributed by atoms with E-state index in [1.54, 1.807) is 16.7 Å². The van der Waals surface area contributed by atoms with Crippen LogP contribution < -0.4 is 0 Å². The van der Waals surface area contributed by atoms with Gasteiger partial charge in [-0.3, -0.25) is 0 Å². The Labute approximate surface area is 115 Å². The number of aromatic carboxylic acids is 1. The number of hydrogen-bond acceptors (Lipinski definition) is 1. The molecule has 1 aromatic heterocycles. The normalized spacial score (nSPS) is 10.7. The molecule has 0 aliphatic rings. The minimum Gasteiger partial charge on any atom is -0.477 e. The van der Waals surface area contributed by atoms with Crippen LogP contribution in [0.3, 0.4) is 0 Å². The van der Waals surface area contributed by atoms with Gasteiger partial charge in [-0.1, -0.05) is 18.5 Å². The van der Waals surface area contributed by atoms with Gasteiger partial charge in [-0.2, -0.15) is 0 Å². The molecular weight excluding hydrogens is 269 g/mol. The van der Waals surface area contributed by atoms with Crippen molar-refractivity contribution in [3.63, 3.8) is 0 Å². The van der Waals surface area contributed by atoms with Crippen LogP contribution in [-0.2, 0) is 6.54 Å². The van der Waals surface area contributed by atoms with Gasteiger partial charge in [0, 0.05) is 12.1 Å². The van der Waals surface area contributed by atoms with Crippen LogP contribution in [0.25, 0.3) is 11.3 Å². The summed E-state index contributed by atoms with van der Waals surface area (Å²) >= 11 is 6.02. The van der Waals surface area contributed by atoms with E-state index in [0.717, 1.165) is 6.42 Å². The molecule has 0 saturated heterocycles. The van der Waals surface area contributed by atoms with Gasteiger partial charge in [-0.15, -0.1) is 0 Å². The summed E-state index contributed by atoms with van der Waals surface area (Å²) in [4.78, 5) is 11.2. The van der Waals surface area contributed by atoms with E-state index < -0.39 is 11.8 Å². The Kier molecular flexibility index (Phi) is 3.90. The molecule has 0 saturated carbocycles. The third-order valence-corrected chi connectivity index (χ3v) is 3.17. The summed E-state index contributed by atoms with van der Waals surface area (Å²) in [5.74, 6) is -1.40. The van der Waals surface area contributed by atoms with Gasteiger partial charge in [0.05, 0.1) is 10.7 Å². The molecule has 1 heterocycles. The van der Waals surface area contributed by atoms with E-state index in [9.17, 15) is 9.18 Å². The molecule has 3 nitrogen and oxygen atoms in total. The Morgan fingerprint density at radius 2 is 2.11 bits per heavy atom. The maximum absolute atomic E-state index is 13.1. The number of carboxylic acid groups (broad SMARTS) is 1. The highest BCUT2D eigenvalue weighted by Crippen LogP contribution is 2.30. The van der Waals surface area contributed by atoms with Crippen LogP contribution in [0.4, 0.5) is 4.39 Å². The lowest BCUT2D eigenvalue weighted by atomic mass is 10.1. The molecule has 0 spiro atoms. The van der Waals surface area contributed by atoms with Gasteiger partial charge in [0.2, 0.25) is 0 Å². The third kappa shape index (κ3) is 2.63. The molecular formula is C14H13ClFNO2. The first-order chi connectivity index (χ1) is 9.04. The maximum Gasteiger partial charge on any atom is 0.352 e. The number of halogens is 2. The topological polar surface area (TPSA) is 42.2 Å². The molecule has 0 aliphatic heterocycles. The van der Waals surface area contributed by atoms with Gasteiger partial charge in [0.1, 0.15) is 11.5 Å². The average molecular weight is 282 g/mol. The van der Waals surface area contributed by atoms with E-state index in [0.29, 0.717) is 17.8 Å². The number of hydrogen-bond donors (Lipinski definition) is 1. The predicted octanol–water partition coefficient (Wildman–Crippen LogP) is 4.06. The van der Waals surface area contributed by atoms with Crippen LogP contribution in [0, 0.1) is 5.82 Å². The molecule has 0 bridgehead atoms. The van der Waals surface area contributed by atoms with Crippen LogP contribution >= 0.6 is 11.6 Å². The number of benzene rings is 1. The second-order valence-electron chi connectivity index (χ2n) is 4.18. The lowest BCUT2D eigenvalue weighted by Crippen LogP contribution is -2.09. The molecule has 0 radical (unpaired) electrons. The zero-order chi connectivity index (χ0) is 14.0. The number of rotatable bonds is 4. The molecule has 2 aromatic rings. The van der Waals surface area contributed by atoms with Crippen LogP contribution in [0.1, 0.15) is 23.8 Å². The first-order valence-corrected chi connectivity index (χ1v) is 6.30. The van der Waals surface area contributed by atoms with E-state index in [-0.39, 0.29) is 10.7 Å². The highest BCUT2D eigenvalue weighted by atomic mass is 35.5. The van der Waals surface area contributed by atoms with Crippen LogP contribution in [0.5, 0.6) is 0 Å². The lowest BCUT2D eigenvalue weighted by Gasteiger charge is -2.11. The van der Waals surface area contributed by atoms with E-state index in [4.69, 9.17) is 16.7 Å². The summed E-state index contributed by atoms with van der Waals surface area (Å²) in [7, 11) is 0. The molecule has 0 aliphatic carbocycles. The summed E-state index contributed by atoms with van der Waals surface area (Å²) in [6, 6.07) is 7.32. The van der Waals surface area contributed by atoms with Gasteiger partial charge < -0.3 is 9.67 Å². The van der Waals surface area contributed by atoms with Crippen molar-refractivity contribution in [1.82, 2.24) is 4.57 Å². The largest absolute Gasteiger partial charge is 0.477 e. The summed E-state index contributed by atoms with van der Waals surface area (Å²) in [5, 5.41) is 9.42. The SMILES string of the molecule is CCCn1c(C(=O)O)ccc1-c1ccc(F)cc1Cl. The summed E-state index contributed by atoms with van der Waals surface area (Å²) in [5.41, 5.74) is 1.52. The minimum absolute atomic E-state index is 0.206. The number of aromatic nitrogens is 1. The molecule has 2 rings (SSSR count). The van der Waals surface area contributed by atoms with E-state index in [1.807, 2.05) is 6.92 Å². The zero-order valence-electron chi connectivity index (χ0n) is 10.4. The molecule has 0 amide bonds. The summed E-state index contributed by atoms with van der Waals surface area (Å²) < 4.78 is 14.7. The van der Waals surface area contributed by atoms with Crippen molar-refractivity contribution in [2.45, 2.75) is 19.9 Å². The standard InChI is InChI=1S/C14H13ClFNO2/c1-2-7-17-12(5-6-13(17)14(18)19)10-4-3-9(16)8-11(10)15/h3-6,8H,2,7H2,1H3,(H,18,19). The quantitative estimate of drug-likeness (QED) is 0.918. The Morgan fingerprint density at radius 1 is 1.37 bits per heavy atom. The van der Waals surface area contributed by atoms with Gasteiger partial charge in [0.15, 0.2) is 0 Å². The summed E-state index contributed by atoms with van der Waals surface area (Å²) in [6.07, 6.45) is 0.792. The van der Waals surface area contributed by atoms with E-state index >= 15 is 0 Å². The molecule has 100 valence electrons. The van der Waals surface area contributed by atoms with Gasteiger partial charge in [-0.25, -0.2) is 9.18 Å². The van der Waals surface area contributed by atoms with E-state index in [2.05, 4.69) is 0 Å². The highest BCUT2D eigenvalue weighted by molar-refractivity contribution is 6.33. The Morgan fingerprint density at radius 3 is 2.68 bits per heavy atom. The molecule has 0 unspecified atom stereocenters. The number of nitrogens with zero attached hydrogens (tertiary/aromatic N) is 1. The molecule has 0 fully saturated rings. The molecule has 19 heavy (non-hydrogen) atoms. The van der Waals surface area contributed by atoms with Crippen LogP contribution in [-0.4, -0.2) is 15.6 Å². The van der Waals surface area contributed by atoms with Crippen LogP contribution in [0.2, 0.25) is 5.02 Å². The highest BCUT2D eigenvalue weighted by Gasteiger charge is 2.16. The second kappa shape index (κ2) is 5.45. The smallest absolute Gasteiger partial charge is 0.352 e. The van der Waals surface area contributed by atoms with Gasteiger partial charge in [-0.05, 0) is 36.8 Å². The van der Waals surface area contributed by atoms with E-state index in [1.165, 1.54) is 18.2 Å². The zero-order valence-corrected chi connectivity index (χ0v) is 11.1. The number of carbonyl (C=O) groups is 1. The predicted molar refractivity (Wildman–Crippen MR) is 72.1 cm³/mol. The Bertz CT molecular complexity index is 622. The van der Waals surface area contributed by atoms with Gasteiger partial charge in [0.25, 0.3) is 0 Å². The fourth-order valence-electron chi connectivity index (χ4n) is 2.05. The first kappa shape index (κ1) is 13.6. The molecule has 1 aromatic carbocycles. The number of carboxylic acids is 1. The fourth-order valence-corrected chi connectivity index (χ4v) is 2.32. The average Bonchev–Trinajstić information content (AvgIpc) is 2.73. The molecule has 1 N–H and O–H groups in total. The van der Waals surface area contributed by atoms with Crippen molar-refractivity contribution in [1.29, 1.82) is 0 Å². The Balaban J connectivity index is 2.58. The van der Waals surface area contributed by atoms with Crippen molar-refractivity contribution in [2.24, 2.45) is 0 Å². The fraction of sp³-hybridized carbons (Fsp3) is 0.214. The minimum atomic E-state index is -0.988. The monoisotopic (exact) mass is 281 g/mol. The summed E-state index contributed by atoms with van der Waals surface area (Å²) in [6.45, 7) is 2.53. The van der Waals surface area contributed by atoms with Gasteiger partial charge >= 0.3 is 5.97 Å². The lowest BCUT2D eigenvalue weighted by molar-refractivity contribution is 0.0685. The maximum atomic E-state index is 13.1. The molecule has 5 heteroatoms. The van der Waals surface area contributed by atoms with Crippen molar-refractivity contribution in [3.05, 3.63) is 46.9 Å². The van der Waals surface area contributed by atoms with Crippen molar-refractivity contribution in [3.8, 4) is 11.3 Å². The van der Waals surface area contributed by atoms with Crippen molar-refractivity contribution >= 4 is 17.6 Å². The van der Waals surface area contributed by atoms with Crippen molar-refractivity contribution < 1.29 is 14.3 Å². The van der Waals surface area contributed by atoms with Crippen molar-refractivity contribution in [2.75, 3.05) is 0 Å².